The van der Waals surface area contributed by atoms with E-state index in [4.69, 9.17) is 14.2 Å². The normalized spacial score (nSPS) is 44.5. The van der Waals surface area contributed by atoms with Crippen LogP contribution >= 0.6 is 0 Å². The lowest BCUT2D eigenvalue weighted by atomic mass is 9.39. The van der Waals surface area contributed by atoms with Crippen LogP contribution in [0.4, 0.5) is 0 Å². The molecule has 0 radical (unpaired) electrons. The Labute approximate surface area is 200 Å². The second kappa shape index (κ2) is 7.90. The van der Waals surface area contributed by atoms with Gasteiger partial charge >= 0.3 is 17.9 Å². The van der Waals surface area contributed by atoms with E-state index in [1.54, 1.807) is 0 Å². The Hall–Kier alpha value is -2.22. The Morgan fingerprint density at radius 3 is 2.15 bits per heavy atom. The van der Waals surface area contributed by atoms with Crippen molar-refractivity contribution in [1.82, 2.24) is 0 Å². The number of allylic oxidation sites excluding steroid dienone is 1. The molecule has 0 amide bonds. The highest BCUT2D eigenvalue weighted by atomic mass is 16.6. The summed E-state index contributed by atoms with van der Waals surface area (Å²) in [5.74, 6) is -2.32. The number of aliphatic hydroxyl groups is 1. The van der Waals surface area contributed by atoms with Crippen molar-refractivity contribution in [3.05, 3.63) is 12.2 Å². The number of ketones is 1. The zero-order chi connectivity index (χ0) is 25.4. The minimum absolute atomic E-state index is 0.00650. The summed E-state index contributed by atoms with van der Waals surface area (Å²) >= 11 is 0. The Morgan fingerprint density at radius 1 is 1.00 bits per heavy atom. The maximum Gasteiger partial charge on any atom is 0.303 e. The van der Waals surface area contributed by atoms with Gasteiger partial charge in [-0.2, -0.15) is 0 Å². The Balaban J connectivity index is 1.90. The number of ether oxygens (including phenoxy) is 3. The van der Waals surface area contributed by atoms with Crippen molar-refractivity contribution in [2.24, 2.45) is 34.0 Å². The van der Waals surface area contributed by atoms with Gasteiger partial charge in [0, 0.05) is 42.9 Å². The Kier molecular flexibility index (Phi) is 5.78. The Morgan fingerprint density at radius 2 is 1.59 bits per heavy atom. The molecule has 0 aromatic carbocycles. The van der Waals surface area contributed by atoms with E-state index in [1.807, 2.05) is 20.8 Å². The summed E-state index contributed by atoms with van der Waals surface area (Å²) < 4.78 is 17.1. The fourth-order valence-corrected chi connectivity index (χ4v) is 8.47. The molecule has 1 spiro atoms. The molecule has 0 saturated heterocycles. The highest BCUT2D eigenvalue weighted by molar-refractivity contribution is 6.03. The first kappa shape index (κ1) is 24.9. The van der Waals surface area contributed by atoms with Crippen LogP contribution in [0.5, 0.6) is 0 Å². The van der Waals surface area contributed by atoms with E-state index in [1.165, 1.54) is 20.8 Å². The first-order valence-electron chi connectivity index (χ1n) is 12.1. The lowest BCUT2D eigenvalue weighted by molar-refractivity contribution is -0.287. The Bertz CT molecular complexity index is 952. The molecule has 0 heterocycles. The molecule has 8 heteroatoms. The molecule has 2 unspecified atom stereocenters. The van der Waals surface area contributed by atoms with Gasteiger partial charge in [0.1, 0.15) is 18.3 Å². The summed E-state index contributed by atoms with van der Waals surface area (Å²) in [7, 11) is 0. The van der Waals surface area contributed by atoms with E-state index in [0.29, 0.717) is 31.3 Å². The number of rotatable bonds is 3. The summed E-state index contributed by atoms with van der Waals surface area (Å²) in [4.78, 5) is 49.8. The van der Waals surface area contributed by atoms with Gasteiger partial charge in [-0.1, -0.05) is 27.4 Å². The second-order valence-corrected chi connectivity index (χ2v) is 11.6. The summed E-state index contributed by atoms with van der Waals surface area (Å²) in [5, 5.41) is 11.9. The molecule has 4 aliphatic rings. The maximum absolute atomic E-state index is 13.7. The highest BCUT2D eigenvalue weighted by Gasteiger charge is 2.75. The molecule has 2 bridgehead atoms. The molecule has 9 atom stereocenters. The van der Waals surface area contributed by atoms with Crippen LogP contribution < -0.4 is 0 Å². The van der Waals surface area contributed by atoms with E-state index in [0.717, 1.165) is 0 Å². The van der Waals surface area contributed by atoms with Crippen LogP contribution in [0, 0.1) is 34.0 Å². The van der Waals surface area contributed by atoms with Gasteiger partial charge in [-0.25, -0.2) is 0 Å². The monoisotopic (exact) mass is 476 g/mol. The van der Waals surface area contributed by atoms with Gasteiger partial charge in [-0.05, 0) is 43.1 Å². The average molecular weight is 477 g/mol. The molecule has 4 saturated carbocycles. The van der Waals surface area contributed by atoms with Gasteiger partial charge in [0.15, 0.2) is 11.9 Å². The van der Waals surface area contributed by atoms with Gasteiger partial charge in [0.05, 0.1) is 0 Å². The van der Waals surface area contributed by atoms with Gasteiger partial charge < -0.3 is 19.3 Å². The van der Waals surface area contributed by atoms with Crippen molar-refractivity contribution in [1.29, 1.82) is 0 Å². The summed E-state index contributed by atoms with van der Waals surface area (Å²) in [6.45, 7) is 13.8. The van der Waals surface area contributed by atoms with E-state index >= 15 is 0 Å². The number of fused-ring (bicyclic) bond motifs is 3. The fourth-order valence-electron chi connectivity index (χ4n) is 8.47. The van der Waals surface area contributed by atoms with E-state index in [2.05, 4.69) is 6.58 Å². The number of aliphatic hydroxyl groups excluding tert-OH is 1. The standard InChI is InChI=1S/C26H36O8/c1-12-16-10-17(32-13(2)27)20-25(7)18(8-9-26(20,11-16)21(12)30)24(5,6)23(34-15(4)29)19(22(25)31)33-14(3)28/h16-20,22-23,31H,1,8-11H2,2-7H3/t16-,17+,18-,19+,20+,22?,23+,25?,26-/m1/s1. The minimum atomic E-state index is -1.24. The molecular formula is C26H36O8. The highest BCUT2D eigenvalue weighted by Crippen LogP contribution is 2.71. The van der Waals surface area contributed by atoms with Crippen molar-refractivity contribution >= 4 is 23.7 Å². The van der Waals surface area contributed by atoms with E-state index in [9.17, 15) is 24.3 Å². The lowest BCUT2D eigenvalue weighted by Crippen LogP contribution is -2.73. The number of hydrogen-bond donors (Lipinski definition) is 1. The maximum atomic E-state index is 13.7. The van der Waals surface area contributed by atoms with Crippen LogP contribution in [0.3, 0.4) is 0 Å². The van der Waals surface area contributed by atoms with Crippen LogP contribution in [-0.4, -0.2) is 53.2 Å². The lowest BCUT2D eigenvalue weighted by Gasteiger charge is -2.67. The quantitative estimate of drug-likeness (QED) is 0.376. The van der Waals surface area contributed by atoms with Crippen LogP contribution in [-0.2, 0) is 33.4 Å². The molecule has 4 fully saturated rings. The second-order valence-electron chi connectivity index (χ2n) is 11.6. The smallest absolute Gasteiger partial charge is 0.303 e. The third-order valence-electron chi connectivity index (χ3n) is 9.42. The zero-order valence-electron chi connectivity index (χ0n) is 20.9. The predicted octanol–water partition coefficient (Wildman–Crippen LogP) is 2.75. The molecule has 8 nitrogen and oxygen atoms in total. The molecule has 0 aromatic rings. The van der Waals surface area contributed by atoms with Gasteiger partial charge in [0.2, 0.25) is 0 Å². The molecule has 188 valence electrons. The molecule has 1 N–H and O–H groups in total. The van der Waals surface area contributed by atoms with E-state index in [-0.39, 0.29) is 17.6 Å². The minimum Gasteiger partial charge on any atom is -0.462 e. The largest absolute Gasteiger partial charge is 0.462 e. The summed E-state index contributed by atoms with van der Waals surface area (Å²) in [6.07, 6.45) is -1.54. The average Bonchev–Trinajstić information content (AvgIpc) is 2.89. The molecule has 0 aromatic heterocycles. The predicted molar refractivity (Wildman–Crippen MR) is 120 cm³/mol. The molecule has 4 rings (SSSR count). The van der Waals surface area contributed by atoms with Crippen LogP contribution in [0.15, 0.2) is 12.2 Å². The molecular weight excluding hydrogens is 440 g/mol. The number of Topliss-reactive ketones (excluding diaryl/α,β-unsaturated/α-hetero) is 1. The van der Waals surface area contributed by atoms with Gasteiger partial charge in [0.25, 0.3) is 0 Å². The molecule has 4 aliphatic carbocycles. The summed E-state index contributed by atoms with van der Waals surface area (Å²) in [5.41, 5.74) is -1.88. The zero-order valence-corrected chi connectivity index (χ0v) is 20.9. The van der Waals surface area contributed by atoms with Crippen molar-refractivity contribution in [2.45, 2.75) is 91.6 Å². The summed E-state index contributed by atoms with van der Waals surface area (Å²) in [6, 6.07) is 0. The van der Waals surface area contributed by atoms with Crippen LogP contribution in [0.2, 0.25) is 0 Å². The van der Waals surface area contributed by atoms with Crippen LogP contribution in [0.25, 0.3) is 0 Å². The van der Waals surface area contributed by atoms with Crippen molar-refractivity contribution in [3.63, 3.8) is 0 Å². The van der Waals surface area contributed by atoms with Crippen molar-refractivity contribution in [3.8, 4) is 0 Å². The topological polar surface area (TPSA) is 116 Å². The SMILES string of the molecule is C=C1C(=O)[C@@]23CC[C@@H]4C(C)(C)[C@@H](OC(C)=O)[C@@H](OC(C)=O)C(O)C4(C)[C@@H]2[C@@H](OC(C)=O)C[C@@H]1C3. The number of carbonyl (C=O) groups excluding carboxylic acids is 4. The van der Waals surface area contributed by atoms with E-state index < -0.39 is 64.5 Å². The van der Waals surface area contributed by atoms with Gasteiger partial charge in [-0.3, -0.25) is 19.2 Å². The molecule has 34 heavy (non-hydrogen) atoms. The third kappa shape index (κ3) is 3.28. The first-order chi connectivity index (χ1) is 15.7. The van der Waals surface area contributed by atoms with Crippen molar-refractivity contribution in [2.75, 3.05) is 0 Å². The number of esters is 3. The van der Waals surface area contributed by atoms with Crippen molar-refractivity contribution < 1.29 is 38.5 Å². The number of hydrogen-bond acceptors (Lipinski definition) is 8. The third-order valence-corrected chi connectivity index (χ3v) is 9.42. The van der Waals surface area contributed by atoms with Gasteiger partial charge in [-0.15, -0.1) is 0 Å². The van der Waals surface area contributed by atoms with Crippen LogP contribution in [0.1, 0.15) is 67.2 Å². The first-order valence-corrected chi connectivity index (χ1v) is 12.1. The fraction of sp³-hybridized carbons (Fsp3) is 0.769. The molecule has 0 aliphatic heterocycles. The number of carbonyl (C=O) groups is 4.